The molecule has 1 N–H and O–H groups in total. The molecular weight excluding hydrogens is 250 g/mol. The first-order chi connectivity index (χ1) is 6.52. The van der Waals surface area contributed by atoms with Crippen molar-refractivity contribution in [1.82, 2.24) is 5.32 Å². The van der Waals surface area contributed by atoms with Crippen LogP contribution in [-0.4, -0.2) is 30.4 Å². The molecule has 82 valence electrons. The number of nitrogens with one attached hydrogen (secondary N) is 1. The lowest BCUT2D eigenvalue weighted by atomic mass is 10.1. The van der Waals surface area contributed by atoms with E-state index in [-0.39, 0.29) is 24.3 Å². The highest BCUT2D eigenvalue weighted by Crippen LogP contribution is 2.03. The molecule has 0 aliphatic rings. The van der Waals surface area contributed by atoms with Crippen LogP contribution in [0.3, 0.4) is 0 Å². The molecule has 0 fully saturated rings. The first kappa shape index (κ1) is 13.4. The van der Waals surface area contributed by atoms with E-state index in [2.05, 4.69) is 26.0 Å². The lowest BCUT2D eigenvalue weighted by Crippen LogP contribution is -2.36. The number of ether oxygens (including phenoxy) is 1. The Hall–Kier alpha value is -0.580. The Morgan fingerprint density at radius 2 is 2.07 bits per heavy atom. The van der Waals surface area contributed by atoms with Crippen LogP contribution in [0, 0.1) is 5.92 Å². The predicted molar refractivity (Wildman–Crippen MR) is 57.2 cm³/mol. The lowest BCUT2D eigenvalue weighted by molar-refractivity contribution is -0.139. The zero-order chi connectivity index (χ0) is 11.1. The van der Waals surface area contributed by atoms with Gasteiger partial charge in [0, 0.05) is 12.5 Å². The Bertz CT molecular complexity index is 208. The maximum atomic E-state index is 11.3. The first-order valence-electron chi connectivity index (χ1n) is 4.52. The van der Waals surface area contributed by atoms with E-state index < -0.39 is 4.83 Å². The van der Waals surface area contributed by atoms with Gasteiger partial charge in [-0.3, -0.25) is 9.59 Å². The molecule has 0 aromatic carbocycles. The van der Waals surface area contributed by atoms with Crippen LogP contribution in [0.2, 0.25) is 0 Å². The zero-order valence-electron chi connectivity index (χ0n) is 8.67. The highest BCUT2D eigenvalue weighted by atomic mass is 79.9. The van der Waals surface area contributed by atoms with E-state index in [9.17, 15) is 9.59 Å². The molecule has 0 aliphatic carbocycles. The Balaban J connectivity index is 3.82. The number of hydrogen-bond acceptors (Lipinski definition) is 3. The third-order valence-corrected chi connectivity index (χ3v) is 2.67. The van der Waals surface area contributed by atoms with Crippen molar-refractivity contribution in [2.75, 3.05) is 13.7 Å². The molecule has 0 radical (unpaired) electrons. The molecule has 0 aromatic rings. The van der Waals surface area contributed by atoms with Crippen LogP contribution in [0.1, 0.15) is 20.3 Å². The van der Waals surface area contributed by atoms with Gasteiger partial charge in [0.25, 0.3) is 0 Å². The Morgan fingerprint density at radius 1 is 1.50 bits per heavy atom. The molecular formula is C9H16BrNO3. The van der Waals surface area contributed by atoms with E-state index in [4.69, 9.17) is 0 Å². The maximum absolute atomic E-state index is 11.3. The molecule has 0 bridgehead atoms. The van der Waals surface area contributed by atoms with Crippen molar-refractivity contribution in [3.63, 3.8) is 0 Å². The minimum absolute atomic E-state index is 0.0210. The molecule has 0 aliphatic heterocycles. The normalized spacial score (nSPS) is 14.3. The highest BCUT2D eigenvalue weighted by molar-refractivity contribution is 9.10. The van der Waals surface area contributed by atoms with Crippen molar-refractivity contribution in [1.29, 1.82) is 0 Å². The van der Waals surface area contributed by atoms with Crippen LogP contribution in [0.15, 0.2) is 0 Å². The van der Waals surface area contributed by atoms with E-state index in [1.165, 1.54) is 7.11 Å². The number of methoxy groups -OCH3 is 1. The van der Waals surface area contributed by atoms with Gasteiger partial charge in [0.1, 0.15) is 4.83 Å². The van der Waals surface area contributed by atoms with Crippen LogP contribution in [0.5, 0.6) is 0 Å². The van der Waals surface area contributed by atoms with Crippen molar-refractivity contribution in [3.8, 4) is 0 Å². The Kier molecular flexibility index (Phi) is 6.53. The molecule has 0 rings (SSSR count). The van der Waals surface area contributed by atoms with Gasteiger partial charge >= 0.3 is 5.97 Å². The first-order valence-corrected chi connectivity index (χ1v) is 5.44. The van der Waals surface area contributed by atoms with E-state index in [1.807, 2.05) is 13.8 Å². The Morgan fingerprint density at radius 3 is 2.50 bits per heavy atom. The van der Waals surface area contributed by atoms with Gasteiger partial charge < -0.3 is 10.1 Å². The summed E-state index contributed by atoms with van der Waals surface area (Å²) in [5, 5.41) is 2.66. The summed E-state index contributed by atoms with van der Waals surface area (Å²) < 4.78 is 4.49. The molecule has 2 unspecified atom stereocenters. The molecule has 14 heavy (non-hydrogen) atoms. The summed E-state index contributed by atoms with van der Waals surface area (Å²) in [6, 6.07) is 0. The number of amides is 1. The molecule has 4 nitrogen and oxygen atoms in total. The van der Waals surface area contributed by atoms with Gasteiger partial charge in [-0.05, 0) is 6.42 Å². The van der Waals surface area contributed by atoms with Crippen molar-refractivity contribution in [2.45, 2.75) is 25.1 Å². The summed E-state index contributed by atoms with van der Waals surface area (Å²) in [6.45, 7) is 4.04. The number of carbonyl (C=O) groups excluding carboxylic acids is 2. The number of esters is 1. The van der Waals surface area contributed by atoms with Gasteiger partial charge in [0.05, 0.1) is 7.11 Å². The third-order valence-electron chi connectivity index (χ3n) is 1.97. The van der Waals surface area contributed by atoms with Gasteiger partial charge in [0.15, 0.2) is 0 Å². The molecule has 2 atom stereocenters. The van der Waals surface area contributed by atoms with Crippen molar-refractivity contribution in [2.24, 2.45) is 5.92 Å². The van der Waals surface area contributed by atoms with Gasteiger partial charge in [-0.25, -0.2) is 0 Å². The molecule has 0 saturated carbocycles. The maximum Gasteiger partial charge on any atom is 0.321 e. The van der Waals surface area contributed by atoms with Crippen molar-refractivity contribution in [3.05, 3.63) is 0 Å². The quantitative estimate of drug-likeness (QED) is 0.598. The Labute approximate surface area is 92.5 Å². The molecule has 0 heterocycles. The average molecular weight is 266 g/mol. The fraction of sp³-hybridized carbons (Fsp3) is 0.778. The molecule has 0 aromatic heterocycles. The van der Waals surface area contributed by atoms with Crippen LogP contribution in [0.4, 0.5) is 0 Å². The fourth-order valence-electron chi connectivity index (χ4n) is 0.761. The number of hydrogen-bond donors (Lipinski definition) is 1. The van der Waals surface area contributed by atoms with Gasteiger partial charge in [-0.2, -0.15) is 0 Å². The highest BCUT2D eigenvalue weighted by Gasteiger charge is 2.17. The second kappa shape index (κ2) is 6.81. The number of halogens is 1. The predicted octanol–water partition coefficient (Wildman–Crippen LogP) is 1.09. The molecule has 1 amide bonds. The van der Waals surface area contributed by atoms with Crippen LogP contribution < -0.4 is 5.32 Å². The second-order valence-electron chi connectivity index (χ2n) is 3.05. The summed E-state index contributed by atoms with van der Waals surface area (Å²) >= 11 is 3.11. The van der Waals surface area contributed by atoms with Gasteiger partial charge in [-0.15, -0.1) is 0 Å². The SMILES string of the molecule is CCC(C)C(=O)NCC(Br)C(=O)OC. The standard InChI is InChI=1S/C9H16BrNO3/c1-4-6(2)8(12)11-5-7(10)9(13)14-3/h6-7H,4-5H2,1-3H3,(H,11,12). The van der Waals surface area contributed by atoms with Crippen molar-refractivity contribution < 1.29 is 14.3 Å². The van der Waals surface area contributed by atoms with Gasteiger partial charge in [0.2, 0.25) is 5.91 Å². The number of alkyl halides is 1. The zero-order valence-corrected chi connectivity index (χ0v) is 10.3. The van der Waals surface area contributed by atoms with Crippen LogP contribution in [0.25, 0.3) is 0 Å². The second-order valence-corrected chi connectivity index (χ2v) is 4.15. The summed E-state index contributed by atoms with van der Waals surface area (Å²) in [6.07, 6.45) is 0.789. The smallest absolute Gasteiger partial charge is 0.321 e. The molecule has 0 saturated heterocycles. The van der Waals surface area contributed by atoms with E-state index >= 15 is 0 Å². The van der Waals surface area contributed by atoms with E-state index in [0.717, 1.165) is 6.42 Å². The summed E-state index contributed by atoms with van der Waals surface area (Å²) in [5.41, 5.74) is 0. The summed E-state index contributed by atoms with van der Waals surface area (Å²) in [4.78, 5) is 21.8. The third kappa shape index (κ3) is 4.60. The minimum Gasteiger partial charge on any atom is -0.468 e. The van der Waals surface area contributed by atoms with Crippen LogP contribution in [-0.2, 0) is 14.3 Å². The number of rotatable bonds is 5. The largest absolute Gasteiger partial charge is 0.468 e. The average Bonchev–Trinajstić information content (AvgIpc) is 2.22. The molecule has 5 heteroatoms. The van der Waals surface area contributed by atoms with E-state index in [0.29, 0.717) is 0 Å². The van der Waals surface area contributed by atoms with Crippen LogP contribution >= 0.6 is 15.9 Å². The summed E-state index contributed by atoms with van der Waals surface area (Å²) in [7, 11) is 1.31. The number of carbonyl (C=O) groups is 2. The minimum atomic E-state index is -0.472. The van der Waals surface area contributed by atoms with Gasteiger partial charge in [-0.1, -0.05) is 29.8 Å². The fourth-order valence-corrected chi connectivity index (χ4v) is 1.11. The lowest BCUT2D eigenvalue weighted by Gasteiger charge is -2.12. The summed E-state index contributed by atoms with van der Waals surface area (Å²) in [5.74, 6) is -0.442. The van der Waals surface area contributed by atoms with Crippen molar-refractivity contribution >= 4 is 27.8 Å². The molecule has 0 spiro atoms. The monoisotopic (exact) mass is 265 g/mol. The van der Waals surface area contributed by atoms with E-state index in [1.54, 1.807) is 0 Å². The topological polar surface area (TPSA) is 55.4 Å².